The predicted octanol–water partition coefficient (Wildman–Crippen LogP) is 4.31. The average Bonchev–Trinajstić information content (AvgIpc) is 3.11. The first-order chi connectivity index (χ1) is 11.7. The number of rotatable bonds is 5. The van der Waals surface area contributed by atoms with Crippen molar-refractivity contribution in [2.75, 3.05) is 20.3 Å². The third-order valence-electron chi connectivity index (χ3n) is 3.55. The minimum atomic E-state index is -0.0143. The van der Waals surface area contributed by atoms with Gasteiger partial charge in [-0.15, -0.1) is 11.3 Å². The Balaban J connectivity index is 1.92. The Morgan fingerprint density at radius 3 is 2.71 bits per heavy atom. The number of carbonyl (C=O) groups excluding carboxylic acids is 1. The van der Waals surface area contributed by atoms with Crippen molar-refractivity contribution in [3.05, 3.63) is 57.1 Å². The van der Waals surface area contributed by atoms with Crippen LogP contribution in [0.3, 0.4) is 0 Å². The number of hydrogen-bond donors (Lipinski definition) is 0. The van der Waals surface area contributed by atoms with E-state index < -0.39 is 0 Å². The zero-order valence-corrected chi connectivity index (χ0v) is 15.2. The number of benzene rings is 1. The van der Waals surface area contributed by atoms with Crippen molar-refractivity contribution >= 4 is 45.9 Å². The maximum atomic E-state index is 12.8. The molecule has 1 aromatic carbocycles. The number of aliphatic imine (C=N–C) groups is 1. The number of aryl methyl sites for hydroxylation is 1. The normalized spacial score (nSPS) is 18.1. The summed E-state index contributed by atoms with van der Waals surface area (Å²) in [4.78, 5) is 20.9. The lowest BCUT2D eigenvalue weighted by Gasteiger charge is -2.14. The van der Waals surface area contributed by atoms with E-state index >= 15 is 0 Å². The molecule has 3 rings (SSSR count). The first-order valence-electron chi connectivity index (χ1n) is 7.57. The molecule has 0 saturated carbocycles. The Labute approximate surface area is 149 Å². The summed E-state index contributed by atoms with van der Waals surface area (Å²) >= 11 is 3.06. The molecule has 0 bridgehead atoms. The lowest BCUT2D eigenvalue weighted by atomic mass is 10.2. The van der Waals surface area contributed by atoms with Gasteiger partial charge in [0, 0.05) is 12.0 Å². The van der Waals surface area contributed by atoms with E-state index in [0.717, 1.165) is 10.6 Å². The second-order valence-corrected chi connectivity index (χ2v) is 7.21. The molecule has 0 unspecified atom stereocenters. The number of thioether (sulfide) groups is 1. The summed E-state index contributed by atoms with van der Waals surface area (Å²) < 4.78 is 5.14. The van der Waals surface area contributed by atoms with Gasteiger partial charge in [-0.2, -0.15) is 0 Å². The molecular formula is C18H18N2O2S2. The molecule has 0 radical (unpaired) electrons. The Morgan fingerprint density at radius 2 is 2.04 bits per heavy atom. The van der Waals surface area contributed by atoms with Crippen molar-refractivity contribution in [3.63, 3.8) is 0 Å². The Hall–Kier alpha value is -1.89. The van der Waals surface area contributed by atoms with Gasteiger partial charge < -0.3 is 4.74 Å². The summed E-state index contributed by atoms with van der Waals surface area (Å²) in [5, 5.41) is 2.73. The number of ether oxygens (including phenoxy) is 1. The van der Waals surface area contributed by atoms with Crippen LogP contribution in [0.25, 0.3) is 6.08 Å². The zero-order chi connectivity index (χ0) is 16.9. The van der Waals surface area contributed by atoms with Crippen molar-refractivity contribution in [3.8, 4) is 0 Å². The molecule has 1 saturated heterocycles. The molecule has 0 aliphatic carbocycles. The first-order valence-corrected chi connectivity index (χ1v) is 9.27. The second kappa shape index (κ2) is 7.79. The molecule has 1 aromatic heterocycles. The van der Waals surface area contributed by atoms with Gasteiger partial charge in [-0.05, 0) is 53.9 Å². The fraction of sp³-hybridized carbons (Fsp3) is 0.222. The maximum absolute atomic E-state index is 12.8. The zero-order valence-electron chi connectivity index (χ0n) is 13.6. The molecule has 1 fully saturated rings. The number of hydrogen-bond acceptors (Lipinski definition) is 5. The van der Waals surface area contributed by atoms with Gasteiger partial charge >= 0.3 is 0 Å². The van der Waals surface area contributed by atoms with Crippen LogP contribution in [-0.2, 0) is 9.53 Å². The highest BCUT2D eigenvalue weighted by Gasteiger charge is 2.33. The number of thiophene rings is 1. The summed E-state index contributed by atoms with van der Waals surface area (Å²) in [5.74, 6) is -0.0143. The number of methoxy groups -OCH3 is 1. The minimum absolute atomic E-state index is 0.0143. The van der Waals surface area contributed by atoms with Gasteiger partial charge in [-0.25, -0.2) is 4.99 Å². The molecule has 6 heteroatoms. The predicted molar refractivity (Wildman–Crippen MR) is 102 cm³/mol. The summed E-state index contributed by atoms with van der Waals surface area (Å²) in [5.41, 5.74) is 2.02. The Morgan fingerprint density at radius 1 is 1.25 bits per heavy atom. The highest BCUT2D eigenvalue weighted by atomic mass is 32.2. The topological polar surface area (TPSA) is 41.9 Å². The largest absolute Gasteiger partial charge is 0.383 e. The lowest BCUT2D eigenvalue weighted by molar-refractivity contribution is -0.122. The fourth-order valence-electron chi connectivity index (χ4n) is 2.24. The van der Waals surface area contributed by atoms with E-state index in [1.54, 1.807) is 23.3 Å². The van der Waals surface area contributed by atoms with E-state index in [-0.39, 0.29) is 5.91 Å². The van der Waals surface area contributed by atoms with Gasteiger partial charge in [0.25, 0.3) is 5.91 Å². The van der Waals surface area contributed by atoms with Crippen LogP contribution in [0.4, 0.5) is 5.69 Å². The molecule has 124 valence electrons. The van der Waals surface area contributed by atoms with E-state index in [4.69, 9.17) is 4.74 Å². The molecule has 1 aliphatic heterocycles. The van der Waals surface area contributed by atoms with Gasteiger partial charge in [0.1, 0.15) is 0 Å². The number of amides is 1. The van der Waals surface area contributed by atoms with Gasteiger partial charge in [0.2, 0.25) is 0 Å². The third kappa shape index (κ3) is 3.77. The van der Waals surface area contributed by atoms with Crippen molar-refractivity contribution in [2.45, 2.75) is 6.92 Å². The minimum Gasteiger partial charge on any atom is -0.383 e. The van der Waals surface area contributed by atoms with Crippen molar-refractivity contribution < 1.29 is 9.53 Å². The number of para-hydroxylation sites is 1. The quantitative estimate of drug-likeness (QED) is 0.748. The number of carbonyl (C=O) groups is 1. The second-order valence-electron chi connectivity index (χ2n) is 5.26. The maximum Gasteiger partial charge on any atom is 0.266 e. The molecule has 4 nitrogen and oxygen atoms in total. The first kappa shape index (κ1) is 17.0. The fourth-order valence-corrected chi connectivity index (χ4v) is 4.18. The van der Waals surface area contributed by atoms with Crippen molar-refractivity contribution in [2.24, 2.45) is 4.99 Å². The highest BCUT2D eigenvalue weighted by molar-refractivity contribution is 8.18. The number of nitrogens with zero attached hydrogens (tertiary/aromatic N) is 2. The molecular weight excluding hydrogens is 340 g/mol. The average molecular weight is 358 g/mol. The van der Waals surface area contributed by atoms with Gasteiger partial charge in [0.15, 0.2) is 5.17 Å². The molecule has 24 heavy (non-hydrogen) atoms. The van der Waals surface area contributed by atoms with E-state index in [0.29, 0.717) is 23.2 Å². The van der Waals surface area contributed by atoms with Gasteiger partial charge in [-0.3, -0.25) is 9.69 Å². The van der Waals surface area contributed by atoms with Crippen LogP contribution in [0, 0.1) is 6.92 Å². The van der Waals surface area contributed by atoms with E-state index in [2.05, 4.69) is 18.0 Å². The summed E-state index contributed by atoms with van der Waals surface area (Å²) in [6.07, 6.45) is 1.96. The van der Waals surface area contributed by atoms with Crippen molar-refractivity contribution in [1.82, 2.24) is 4.90 Å². The molecule has 1 aliphatic rings. The summed E-state index contributed by atoms with van der Waals surface area (Å²) in [6.45, 7) is 3.02. The molecule has 0 N–H and O–H groups in total. The van der Waals surface area contributed by atoms with Crippen LogP contribution in [0.2, 0.25) is 0 Å². The van der Waals surface area contributed by atoms with Crippen molar-refractivity contribution in [1.29, 1.82) is 0 Å². The standard InChI is InChI=1S/C18H18N2O2S2/c1-13-8-11-23-15(13)12-16-17(21)20(9-10-22-2)18(24-16)19-14-6-4-3-5-7-14/h3-8,11-12H,9-10H2,1-2H3/b16-12-,19-18?. The Bertz CT molecular complexity index is 781. The van der Waals surface area contributed by atoms with Crippen LogP contribution in [-0.4, -0.2) is 36.2 Å². The summed E-state index contributed by atoms with van der Waals surface area (Å²) in [7, 11) is 1.63. The molecule has 2 heterocycles. The highest BCUT2D eigenvalue weighted by Crippen LogP contribution is 2.35. The lowest BCUT2D eigenvalue weighted by Crippen LogP contribution is -2.32. The van der Waals surface area contributed by atoms with Gasteiger partial charge in [0.05, 0.1) is 23.7 Å². The van der Waals surface area contributed by atoms with Crippen LogP contribution in [0.15, 0.2) is 51.7 Å². The Kier molecular flexibility index (Phi) is 5.50. The van der Waals surface area contributed by atoms with E-state index in [1.807, 2.05) is 41.8 Å². The van der Waals surface area contributed by atoms with Gasteiger partial charge in [-0.1, -0.05) is 18.2 Å². The van der Waals surface area contributed by atoms with Crippen LogP contribution in [0.1, 0.15) is 10.4 Å². The monoisotopic (exact) mass is 358 g/mol. The molecule has 1 amide bonds. The van der Waals surface area contributed by atoms with E-state index in [9.17, 15) is 4.79 Å². The smallest absolute Gasteiger partial charge is 0.266 e. The molecule has 0 spiro atoms. The SMILES string of the molecule is COCCN1C(=O)/C(=C/c2sccc2C)SC1=Nc1ccccc1. The van der Waals surface area contributed by atoms with E-state index in [1.165, 1.54) is 17.3 Å². The third-order valence-corrected chi connectivity index (χ3v) is 5.52. The summed E-state index contributed by atoms with van der Waals surface area (Å²) in [6, 6.07) is 11.7. The van der Waals surface area contributed by atoms with Crippen LogP contribution in [0.5, 0.6) is 0 Å². The number of amidine groups is 1. The molecule has 2 aromatic rings. The van der Waals surface area contributed by atoms with Crippen LogP contribution >= 0.6 is 23.1 Å². The molecule has 0 atom stereocenters. The van der Waals surface area contributed by atoms with Crippen LogP contribution < -0.4 is 0 Å².